The molecule has 0 amide bonds. The highest BCUT2D eigenvalue weighted by molar-refractivity contribution is 7.89. The van der Waals surface area contributed by atoms with E-state index in [1.807, 2.05) is 0 Å². The van der Waals surface area contributed by atoms with Crippen molar-refractivity contribution in [3.63, 3.8) is 0 Å². The summed E-state index contributed by atoms with van der Waals surface area (Å²) in [6.07, 6.45) is 0. The molecule has 2 heterocycles. The van der Waals surface area contributed by atoms with E-state index < -0.39 is 28.3 Å². The predicted molar refractivity (Wildman–Crippen MR) is 112 cm³/mol. The number of hydrogen-bond acceptors (Lipinski definition) is 9. The maximum atomic E-state index is 13.1. The van der Waals surface area contributed by atoms with Crippen molar-refractivity contribution >= 4 is 26.9 Å². The summed E-state index contributed by atoms with van der Waals surface area (Å²) in [4.78, 5) is 24.9. The van der Waals surface area contributed by atoms with Gasteiger partial charge in [-0.1, -0.05) is 17.3 Å². The van der Waals surface area contributed by atoms with E-state index in [4.69, 9.17) is 14.2 Å². The first-order chi connectivity index (χ1) is 15.4. The molecule has 1 aliphatic heterocycles. The number of aromatic nitrogens is 3. The lowest BCUT2D eigenvalue weighted by molar-refractivity contribution is 0.0335. The van der Waals surface area contributed by atoms with Gasteiger partial charge >= 0.3 is 5.97 Å². The van der Waals surface area contributed by atoms with Crippen LogP contribution in [0.2, 0.25) is 0 Å². The fraction of sp³-hybridized carbons (Fsp3) is 0.300. The number of nitrogens with zero attached hydrogens (tertiary/aromatic N) is 4. The number of esters is 1. The van der Waals surface area contributed by atoms with Crippen LogP contribution < -0.4 is 10.3 Å². The third-order valence-corrected chi connectivity index (χ3v) is 6.85. The zero-order chi connectivity index (χ0) is 22.7. The minimum atomic E-state index is -3.92. The van der Waals surface area contributed by atoms with Gasteiger partial charge in [-0.15, -0.1) is 5.10 Å². The molecule has 168 valence electrons. The largest absolute Gasteiger partial charge is 0.495 e. The fourth-order valence-corrected chi connectivity index (χ4v) is 4.83. The monoisotopic (exact) mass is 460 g/mol. The molecule has 1 aliphatic rings. The minimum Gasteiger partial charge on any atom is -0.495 e. The summed E-state index contributed by atoms with van der Waals surface area (Å²) in [5.41, 5.74) is -0.0543. The van der Waals surface area contributed by atoms with Gasteiger partial charge in [-0.3, -0.25) is 4.79 Å². The van der Waals surface area contributed by atoms with Gasteiger partial charge < -0.3 is 14.2 Å². The van der Waals surface area contributed by atoms with Gasteiger partial charge in [0.2, 0.25) is 10.0 Å². The normalized spacial score (nSPS) is 14.9. The number of carbonyl (C=O) groups is 1. The molecule has 0 saturated carbocycles. The number of morpholine rings is 1. The second kappa shape index (κ2) is 9.02. The molecule has 0 atom stereocenters. The Bertz CT molecular complexity index is 1320. The lowest BCUT2D eigenvalue weighted by atomic mass is 10.2. The van der Waals surface area contributed by atoms with E-state index >= 15 is 0 Å². The van der Waals surface area contributed by atoms with E-state index in [-0.39, 0.29) is 42.5 Å². The molecular formula is C20H20N4O7S. The zero-order valence-corrected chi connectivity index (χ0v) is 17.9. The Morgan fingerprint density at radius 1 is 1.16 bits per heavy atom. The smallest absolute Gasteiger partial charge is 0.339 e. The first-order valence-corrected chi connectivity index (χ1v) is 11.1. The molecule has 2 aromatic carbocycles. The highest BCUT2D eigenvalue weighted by atomic mass is 32.2. The molecule has 3 aromatic rings. The quantitative estimate of drug-likeness (QED) is 0.486. The van der Waals surface area contributed by atoms with Crippen molar-refractivity contribution in [1.82, 2.24) is 19.3 Å². The topological polar surface area (TPSA) is 130 Å². The Morgan fingerprint density at radius 2 is 1.91 bits per heavy atom. The Hall–Kier alpha value is -3.35. The van der Waals surface area contributed by atoms with Crippen LogP contribution in [0.3, 0.4) is 0 Å². The Kier molecular flexibility index (Phi) is 6.17. The van der Waals surface area contributed by atoms with Gasteiger partial charge in [-0.2, -0.15) is 8.99 Å². The number of hydrogen-bond donors (Lipinski definition) is 0. The SMILES string of the molecule is COc1ccc(C(=O)OCn2nnc3ccccc3c2=O)cc1S(=O)(=O)N1CCOCC1. The fourth-order valence-electron chi connectivity index (χ4n) is 3.24. The van der Waals surface area contributed by atoms with Crippen molar-refractivity contribution in [2.45, 2.75) is 11.6 Å². The van der Waals surface area contributed by atoms with E-state index in [1.54, 1.807) is 24.3 Å². The van der Waals surface area contributed by atoms with Crippen molar-refractivity contribution < 1.29 is 27.4 Å². The van der Waals surface area contributed by atoms with E-state index in [1.165, 1.54) is 29.6 Å². The first kappa shape index (κ1) is 21.9. The zero-order valence-electron chi connectivity index (χ0n) is 17.1. The molecule has 0 bridgehead atoms. The van der Waals surface area contributed by atoms with Crippen molar-refractivity contribution in [2.75, 3.05) is 33.4 Å². The number of benzene rings is 2. The molecule has 1 aromatic heterocycles. The maximum absolute atomic E-state index is 13.1. The highest BCUT2D eigenvalue weighted by Crippen LogP contribution is 2.28. The summed E-state index contributed by atoms with van der Waals surface area (Å²) < 4.78 is 43.9. The van der Waals surface area contributed by atoms with Crippen LogP contribution in [0, 0.1) is 0 Å². The highest BCUT2D eigenvalue weighted by Gasteiger charge is 2.30. The molecule has 4 rings (SSSR count). The Labute approximate surface area is 183 Å². The van der Waals surface area contributed by atoms with Gasteiger partial charge in [0.1, 0.15) is 16.2 Å². The van der Waals surface area contributed by atoms with Crippen LogP contribution in [0.15, 0.2) is 52.2 Å². The molecular weight excluding hydrogens is 440 g/mol. The Morgan fingerprint density at radius 3 is 2.66 bits per heavy atom. The third kappa shape index (κ3) is 4.20. The van der Waals surface area contributed by atoms with Crippen molar-refractivity contribution in [3.8, 4) is 5.75 Å². The number of carbonyl (C=O) groups excluding carboxylic acids is 1. The standard InChI is InChI=1S/C20H20N4O7S/c1-29-17-7-6-14(12-18(17)32(27,28)23-8-10-30-11-9-23)20(26)31-13-24-19(25)15-4-2-3-5-16(15)21-22-24/h2-7,12H,8-11,13H2,1H3. The molecule has 0 radical (unpaired) electrons. The summed E-state index contributed by atoms with van der Waals surface area (Å²) in [7, 11) is -2.57. The second-order valence-corrected chi connectivity index (χ2v) is 8.76. The summed E-state index contributed by atoms with van der Waals surface area (Å²) >= 11 is 0. The van der Waals surface area contributed by atoms with Crippen molar-refractivity contribution in [1.29, 1.82) is 0 Å². The van der Waals surface area contributed by atoms with Gasteiger partial charge in [-0.05, 0) is 30.3 Å². The van der Waals surface area contributed by atoms with Gasteiger partial charge in [0, 0.05) is 13.1 Å². The number of sulfonamides is 1. The summed E-state index contributed by atoms with van der Waals surface area (Å²) in [6.45, 7) is 0.482. The van der Waals surface area contributed by atoms with Crippen LogP contribution in [0.25, 0.3) is 10.9 Å². The van der Waals surface area contributed by atoms with Crippen LogP contribution in [-0.2, 0) is 26.2 Å². The van der Waals surface area contributed by atoms with Gasteiger partial charge in [0.25, 0.3) is 5.56 Å². The molecule has 32 heavy (non-hydrogen) atoms. The second-order valence-electron chi connectivity index (χ2n) is 6.85. The van der Waals surface area contributed by atoms with E-state index in [2.05, 4.69) is 10.3 Å². The lowest BCUT2D eigenvalue weighted by Crippen LogP contribution is -2.40. The summed E-state index contributed by atoms with van der Waals surface area (Å²) in [5.74, 6) is -0.724. The van der Waals surface area contributed by atoms with Gasteiger partial charge in [0.15, 0.2) is 6.73 Å². The molecule has 1 saturated heterocycles. The lowest BCUT2D eigenvalue weighted by Gasteiger charge is -2.26. The predicted octanol–water partition coefficient (Wildman–Crippen LogP) is 0.635. The molecule has 11 nitrogen and oxygen atoms in total. The van der Waals surface area contributed by atoms with Crippen LogP contribution in [0.5, 0.6) is 5.75 Å². The number of fused-ring (bicyclic) bond motifs is 1. The number of ether oxygens (including phenoxy) is 3. The average Bonchev–Trinajstić information content (AvgIpc) is 2.83. The summed E-state index contributed by atoms with van der Waals surface area (Å²) in [6, 6.07) is 10.6. The van der Waals surface area contributed by atoms with Crippen LogP contribution >= 0.6 is 0 Å². The third-order valence-electron chi connectivity index (χ3n) is 4.93. The van der Waals surface area contributed by atoms with Crippen molar-refractivity contribution in [3.05, 3.63) is 58.4 Å². The van der Waals surface area contributed by atoms with E-state index in [0.29, 0.717) is 10.9 Å². The molecule has 0 unspecified atom stereocenters. The average molecular weight is 460 g/mol. The molecule has 0 N–H and O–H groups in total. The summed E-state index contributed by atoms with van der Waals surface area (Å²) in [5, 5.41) is 8.02. The molecule has 12 heteroatoms. The maximum Gasteiger partial charge on any atom is 0.339 e. The van der Waals surface area contributed by atoms with Gasteiger partial charge in [0.05, 0.1) is 31.3 Å². The minimum absolute atomic E-state index is 0.0144. The van der Waals surface area contributed by atoms with E-state index in [9.17, 15) is 18.0 Å². The molecule has 1 fully saturated rings. The van der Waals surface area contributed by atoms with Crippen LogP contribution in [-0.4, -0.2) is 67.1 Å². The Balaban J connectivity index is 1.57. The van der Waals surface area contributed by atoms with Crippen molar-refractivity contribution in [2.24, 2.45) is 0 Å². The molecule has 0 aliphatic carbocycles. The van der Waals surface area contributed by atoms with Crippen LogP contribution in [0.4, 0.5) is 0 Å². The first-order valence-electron chi connectivity index (χ1n) is 9.67. The molecule has 0 spiro atoms. The number of rotatable bonds is 6. The van der Waals surface area contributed by atoms with Crippen LogP contribution in [0.1, 0.15) is 10.4 Å². The van der Waals surface area contributed by atoms with E-state index in [0.717, 1.165) is 4.68 Å². The van der Waals surface area contributed by atoms with Gasteiger partial charge in [-0.25, -0.2) is 13.2 Å². The number of methoxy groups -OCH3 is 1.